The Hall–Kier alpha value is -0.960. The van der Waals surface area contributed by atoms with Gasteiger partial charge in [0.25, 0.3) is 0 Å². The smallest absolute Gasteiger partial charge is 0.239 e. The lowest BCUT2D eigenvalue weighted by molar-refractivity contribution is -0.129. The Kier molecular flexibility index (Phi) is 10.5. The van der Waals surface area contributed by atoms with Gasteiger partial charge in [0, 0.05) is 26.2 Å². The normalized spacial score (nSPS) is 24.2. The van der Waals surface area contributed by atoms with Gasteiger partial charge in [0.2, 0.25) is 5.91 Å². The number of carbonyl (C=O) groups is 1. The second-order valence-electron chi connectivity index (χ2n) is 6.47. The summed E-state index contributed by atoms with van der Waals surface area (Å²) in [6.45, 7) is 6.58. The van der Waals surface area contributed by atoms with E-state index in [0.29, 0.717) is 32.9 Å². The maximum atomic E-state index is 13.3. The molecule has 3 rings (SSSR count). The van der Waals surface area contributed by atoms with Crippen molar-refractivity contribution < 1.29 is 18.7 Å². The number of morpholine rings is 2. The quantitative estimate of drug-likeness (QED) is 0.751. The van der Waals surface area contributed by atoms with Crippen LogP contribution in [0.1, 0.15) is 18.5 Å². The first-order valence-corrected chi connectivity index (χ1v) is 8.85. The summed E-state index contributed by atoms with van der Waals surface area (Å²) in [6, 6.07) is 6.14. The second kappa shape index (κ2) is 11.8. The number of ether oxygens (including phenoxy) is 2. The van der Waals surface area contributed by atoms with E-state index in [1.54, 1.807) is 12.1 Å². The molecule has 9 heteroatoms. The van der Waals surface area contributed by atoms with E-state index in [1.165, 1.54) is 12.1 Å². The lowest BCUT2D eigenvalue weighted by Crippen LogP contribution is -2.56. The average Bonchev–Trinajstić information content (AvgIpc) is 2.64. The molecule has 1 aromatic rings. The number of carbonyl (C=O) groups excluding carboxylic acids is 1. The maximum Gasteiger partial charge on any atom is 0.239 e. The fourth-order valence-corrected chi connectivity index (χ4v) is 3.37. The predicted octanol–water partition coefficient (Wildman–Crippen LogP) is 1.54. The van der Waals surface area contributed by atoms with Crippen molar-refractivity contribution in [1.29, 1.82) is 0 Å². The van der Waals surface area contributed by atoms with Crippen LogP contribution in [0.3, 0.4) is 0 Å². The molecule has 2 aliphatic heterocycles. The predicted molar refractivity (Wildman–Crippen MR) is 106 cm³/mol. The fourth-order valence-electron chi connectivity index (χ4n) is 3.37. The Balaban J connectivity index is 0.00000182. The SMILES string of the molecule is C[C@H]1OCCN[C@@H]1C(=O)NCC(c1ccc(F)cc1)N1CCOCC1.Cl.Cl. The second-order valence-corrected chi connectivity index (χ2v) is 6.47. The van der Waals surface area contributed by atoms with E-state index in [0.717, 1.165) is 18.7 Å². The van der Waals surface area contributed by atoms with Gasteiger partial charge < -0.3 is 20.1 Å². The third-order valence-corrected chi connectivity index (χ3v) is 4.81. The van der Waals surface area contributed by atoms with E-state index in [1.807, 2.05) is 6.92 Å². The average molecular weight is 424 g/mol. The van der Waals surface area contributed by atoms with Crippen molar-refractivity contribution in [3.63, 3.8) is 0 Å². The van der Waals surface area contributed by atoms with E-state index < -0.39 is 0 Å². The zero-order valence-corrected chi connectivity index (χ0v) is 17.0. The van der Waals surface area contributed by atoms with E-state index in [2.05, 4.69) is 15.5 Å². The number of halogens is 3. The van der Waals surface area contributed by atoms with Crippen molar-refractivity contribution in [3.8, 4) is 0 Å². The van der Waals surface area contributed by atoms with Crippen LogP contribution in [-0.2, 0) is 14.3 Å². The molecule has 0 aromatic heterocycles. The molecular weight excluding hydrogens is 396 g/mol. The Labute approximate surface area is 172 Å². The highest BCUT2D eigenvalue weighted by molar-refractivity contribution is 5.85. The van der Waals surface area contributed by atoms with Crippen molar-refractivity contribution >= 4 is 30.7 Å². The molecule has 0 aliphatic carbocycles. The first kappa shape index (κ1) is 24.1. The monoisotopic (exact) mass is 423 g/mol. The number of nitrogens with zero attached hydrogens (tertiary/aromatic N) is 1. The molecule has 2 aliphatic rings. The molecule has 6 nitrogen and oxygen atoms in total. The van der Waals surface area contributed by atoms with Crippen LogP contribution in [0, 0.1) is 5.82 Å². The van der Waals surface area contributed by atoms with Crippen molar-refractivity contribution in [2.75, 3.05) is 46.0 Å². The van der Waals surface area contributed by atoms with Gasteiger partial charge in [-0.15, -0.1) is 24.8 Å². The summed E-state index contributed by atoms with van der Waals surface area (Å²) in [5.41, 5.74) is 0.990. The molecule has 27 heavy (non-hydrogen) atoms. The number of benzene rings is 1. The molecule has 0 spiro atoms. The van der Waals surface area contributed by atoms with E-state index >= 15 is 0 Å². The lowest BCUT2D eigenvalue weighted by Gasteiger charge is -2.36. The molecule has 0 bridgehead atoms. The van der Waals surface area contributed by atoms with E-state index in [-0.39, 0.29) is 54.7 Å². The molecule has 3 atom stereocenters. The minimum absolute atomic E-state index is 0. The molecular formula is C18H28Cl2FN3O3. The van der Waals surface area contributed by atoms with Crippen molar-refractivity contribution in [2.45, 2.75) is 25.1 Å². The van der Waals surface area contributed by atoms with Crippen molar-refractivity contribution in [2.24, 2.45) is 0 Å². The zero-order valence-electron chi connectivity index (χ0n) is 15.4. The van der Waals surface area contributed by atoms with Crippen LogP contribution < -0.4 is 10.6 Å². The van der Waals surface area contributed by atoms with Crippen LogP contribution in [0.2, 0.25) is 0 Å². The highest BCUT2D eigenvalue weighted by Gasteiger charge is 2.30. The number of nitrogens with one attached hydrogen (secondary N) is 2. The molecule has 0 saturated carbocycles. The highest BCUT2D eigenvalue weighted by Crippen LogP contribution is 2.22. The Morgan fingerprint density at radius 2 is 1.93 bits per heavy atom. The molecule has 154 valence electrons. The molecule has 1 unspecified atom stereocenters. The molecule has 0 radical (unpaired) electrons. The van der Waals surface area contributed by atoms with Crippen LogP contribution in [0.4, 0.5) is 4.39 Å². The first-order valence-electron chi connectivity index (χ1n) is 8.85. The van der Waals surface area contributed by atoms with Crippen LogP contribution in [0.25, 0.3) is 0 Å². The van der Waals surface area contributed by atoms with Gasteiger partial charge in [-0.1, -0.05) is 12.1 Å². The summed E-state index contributed by atoms with van der Waals surface area (Å²) < 4.78 is 24.2. The van der Waals surface area contributed by atoms with Gasteiger partial charge in [0.1, 0.15) is 11.9 Å². The minimum atomic E-state index is -0.340. The van der Waals surface area contributed by atoms with Gasteiger partial charge in [0.05, 0.1) is 32.0 Å². The lowest BCUT2D eigenvalue weighted by atomic mass is 10.0. The molecule has 1 aromatic carbocycles. The Morgan fingerprint density at radius 3 is 2.56 bits per heavy atom. The zero-order chi connectivity index (χ0) is 17.6. The van der Waals surface area contributed by atoms with Gasteiger partial charge in [-0.3, -0.25) is 9.69 Å². The van der Waals surface area contributed by atoms with E-state index in [4.69, 9.17) is 9.47 Å². The molecule has 1 amide bonds. The Morgan fingerprint density at radius 1 is 1.26 bits per heavy atom. The number of hydrogen-bond donors (Lipinski definition) is 2. The summed E-state index contributed by atoms with van der Waals surface area (Å²) in [6.07, 6.45) is -0.151. The van der Waals surface area contributed by atoms with Gasteiger partial charge in [-0.2, -0.15) is 0 Å². The highest BCUT2D eigenvalue weighted by atomic mass is 35.5. The maximum absolute atomic E-state index is 13.3. The van der Waals surface area contributed by atoms with Crippen LogP contribution in [-0.4, -0.2) is 69.0 Å². The van der Waals surface area contributed by atoms with Gasteiger partial charge in [0.15, 0.2) is 0 Å². The van der Waals surface area contributed by atoms with Gasteiger partial charge in [-0.05, 0) is 24.6 Å². The number of rotatable bonds is 5. The van der Waals surface area contributed by atoms with Crippen LogP contribution in [0.15, 0.2) is 24.3 Å². The standard InChI is InChI=1S/C18H26FN3O3.2ClH/c1-13-17(20-6-9-25-13)18(23)21-12-16(22-7-10-24-11-8-22)14-2-4-15(19)5-3-14;;/h2-5,13,16-17,20H,6-12H2,1H3,(H,21,23);2*1H/t13-,16?,17+;;/m1../s1. The Bertz CT molecular complexity index is 573. The summed E-state index contributed by atoms with van der Waals surface area (Å²) in [5.74, 6) is -0.321. The fraction of sp³-hybridized carbons (Fsp3) is 0.611. The summed E-state index contributed by atoms with van der Waals surface area (Å²) in [4.78, 5) is 14.8. The summed E-state index contributed by atoms with van der Waals surface area (Å²) in [5, 5.41) is 6.23. The largest absolute Gasteiger partial charge is 0.379 e. The van der Waals surface area contributed by atoms with Crippen LogP contribution in [0.5, 0.6) is 0 Å². The molecule has 2 N–H and O–H groups in total. The third-order valence-electron chi connectivity index (χ3n) is 4.81. The summed E-state index contributed by atoms with van der Waals surface area (Å²) in [7, 11) is 0. The minimum Gasteiger partial charge on any atom is -0.379 e. The molecule has 2 fully saturated rings. The molecule has 2 saturated heterocycles. The summed E-state index contributed by atoms with van der Waals surface area (Å²) >= 11 is 0. The first-order chi connectivity index (χ1) is 12.1. The third kappa shape index (κ3) is 6.55. The van der Waals surface area contributed by atoms with Crippen LogP contribution >= 0.6 is 24.8 Å². The van der Waals surface area contributed by atoms with Crippen molar-refractivity contribution in [3.05, 3.63) is 35.6 Å². The van der Waals surface area contributed by atoms with E-state index in [9.17, 15) is 9.18 Å². The van der Waals surface area contributed by atoms with Gasteiger partial charge >= 0.3 is 0 Å². The van der Waals surface area contributed by atoms with Gasteiger partial charge in [-0.25, -0.2) is 4.39 Å². The number of amides is 1. The topological polar surface area (TPSA) is 62.8 Å². The molecule has 2 heterocycles. The van der Waals surface area contributed by atoms with Crippen molar-refractivity contribution in [1.82, 2.24) is 15.5 Å². The number of hydrogen-bond acceptors (Lipinski definition) is 5.